The van der Waals surface area contributed by atoms with Crippen LogP contribution in [0.15, 0.2) is 18.2 Å². The molecule has 0 saturated carbocycles. The van der Waals surface area contributed by atoms with Crippen molar-refractivity contribution in [1.82, 2.24) is 0 Å². The molecular formula is C15H24N2O. The Balaban J connectivity index is 1.91. The lowest BCUT2D eigenvalue weighted by atomic mass is 10.0. The van der Waals surface area contributed by atoms with Gasteiger partial charge in [-0.1, -0.05) is 13.8 Å². The highest BCUT2D eigenvalue weighted by molar-refractivity contribution is 5.61. The van der Waals surface area contributed by atoms with Crippen molar-refractivity contribution < 1.29 is 4.74 Å². The molecule has 100 valence electrons. The normalized spacial score (nSPS) is 14.9. The molecule has 0 atom stereocenters. The van der Waals surface area contributed by atoms with Gasteiger partial charge in [0.25, 0.3) is 0 Å². The van der Waals surface area contributed by atoms with Crippen molar-refractivity contribution in [3.8, 4) is 0 Å². The number of fused-ring (bicyclic) bond motifs is 1. The summed E-state index contributed by atoms with van der Waals surface area (Å²) in [4.78, 5) is 2.42. The third kappa shape index (κ3) is 3.39. The molecule has 0 saturated heterocycles. The summed E-state index contributed by atoms with van der Waals surface area (Å²) in [6.07, 6.45) is 2.35. The molecule has 1 aromatic rings. The lowest BCUT2D eigenvalue weighted by Gasteiger charge is -2.31. The maximum absolute atomic E-state index is 5.84. The number of hydrogen-bond acceptors (Lipinski definition) is 3. The van der Waals surface area contributed by atoms with E-state index in [9.17, 15) is 0 Å². The van der Waals surface area contributed by atoms with Gasteiger partial charge in [-0.2, -0.15) is 0 Å². The Kier molecular flexibility index (Phi) is 4.48. The van der Waals surface area contributed by atoms with E-state index >= 15 is 0 Å². The van der Waals surface area contributed by atoms with Gasteiger partial charge in [-0.05, 0) is 42.5 Å². The lowest BCUT2D eigenvalue weighted by Crippen LogP contribution is -2.32. The maximum Gasteiger partial charge on any atom is 0.0641 e. The smallest absolute Gasteiger partial charge is 0.0641 e. The summed E-state index contributed by atoms with van der Waals surface area (Å²) in [5, 5.41) is 0. The van der Waals surface area contributed by atoms with Crippen molar-refractivity contribution in [2.75, 3.05) is 36.9 Å². The van der Waals surface area contributed by atoms with Crippen LogP contribution < -0.4 is 10.6 Å². The molecule has 3 heteroatoms. The van der Waals surface area contributed by atoms with E-state index in [1.54, 1.807) is 0 Å². The van der Waals surface area contributed by atoms with Gasteiger partial charge in [0.05, 0.1) is 6.61 Å². The molecule has 18 heavy (non-hydrogen) atoms. The zero-order valence-electron chi connectivity index (χ0n) is 11.5. The molecule has 0 unspecified atom stereocenters. The topological polar surface area (TPSA) is 38.5 Å². The molecule has 0 fully saturated rings. The summed E-state index contributed by atoms with van der Waals surface area (Å²) in [5.74, 6) is 0.610. The summed E-state index contributed by atoms with van der Waals surface area (Å²) in [6, 6.07) is 6.24. The van der Waals surface area contributed by atoms with Crippen molar-refractivity contribution in [3.05, 3.63) is 23.8 Å². The number of anilines is 2. The van der Waals surface area contributed by atoms with Crippen molar-refractivity contribution in [3.63, 3.8) is 0 Å². The summed E-state index contributed by atoms with van der Waals surface area (Å²) in [6.45, 7) is 8.12. The first-order valence-electron chi connectivity index (χ1n) is 6.88. The first kappa shape index (κ1) is 13.2. The molecule has 1 aromatic carbocycles. The fourth-order valence-electron chi connectivity index (χ4n) is 2.42. The number of rotatable bonds is 5. The van der Waals surface area contributed by atoms with Crippen LogP contribution in [-0.2, 0) is 11.2 Å². The van der Waals surface area contributed by atoms with E-state index in [0.29, 0.717) is 5.92 Å². The van der Waals surface area contributed by atoms with Crippen LogP contribution in [0.25, 0.3) is 0 Å². The molecule has 2 rings (SSSR count). The van der Waals surface area contributed by atoms with E-state index in [-0.39, 0.29) is 0 Å². The Morgan fingerprint density at radius 3 is 3.00 bits per heavy atom. The van der Waals surface area contributed by atoms with Gasteiger partial charge in [0.2, 0.25) is 0 Å². The van der Waals surface area contributed by atoms with E-state index < -0.39 is 0 Å². The molecule has 0 spiro atoms. The average Bonchev–Trinajstić information content (AvgIpc) is 2.34. The second-order valence-electron chi connectivity index (χ2n) is 5.45. The number of benzene rings is 1. The van der Waals surface area contributed by atoms with Crippen molar-refractivity contribution in [2.24, 2.45) is 5.92 Å². The van der Waals surface area contributed by atoms with Crippen LogP contribution in [0.1, 0.15) is 25.8 Å². The number of hydrogen-bond donors (Lipinski definition) is 1. The van der Waals surface area contributed by atoms with Gasteiger partial charge in [-0.15, -0.1) is 0 Å². The number of ether oxygens (including phenoxy) is 1. The first-order chi connectivity index (χ1) is 8.66. The molecule has 0 amide bonds. The summed E-state index contributed by atoms with van der Waals surface area (Å²) in [7, 11) is 0. The molecule has 3 nitrogen and oxygen atoms in total. The molecule has 1 aliphatic heterocycles. The molecular weight excluding hydrogens is 224 g/mol. The van der Waals surface area contributed by atoms with E-state index in [2.05, 4.69) is 30.9 Å². The number of nitrogen functional groups attached to an aromatic ring is 1. The number of nitrogens with two attached hydrogens (primary N) is 1. The van der Waals surface area contributed by atoms with Gasteiger partial charge in [0.1, 0.15) is 0 Å². The van der Waals surface area contributed by atoms with Gasteiger partial charge >= 0.3 is 0 Å². The van der Waals surface area contributed by atoms with Crippen LogP contribution in [0.2, 0.25) is 0 Å². The zero-order valence-corrected chi connectivity index (χ0v) is 11.5. The molecule has 0 bridgehead atoms. The van der Waals surface area contributed by atoms with Crippen LogP contribution in [0.4, 0.5) is 11.4 Å². The monoisotopic (exact) mass is 248 g/mol. The number of nitrogens with zero attached hydrogens (tertiary/aromatic N) is 1. The Morgan fingerprint density at radius 1 is 1.39 bits per heavy atom. The minimum atomic E-state index is 0.610. The quantitative estimate of drug-likeness (QED) is 0.643. The average molecular weight is 248 g/mol. The Morgan fingerprint density at radius 2 is 2.22 bits per heavy atom. The van der Waals surface area contributed by atoms with E-state index in [4.69, 9.17) is 10.5 Å². The third-order valence-electron chi connectivity index (χ3n) is 3.28. The highest BCUT2D eigenvalue weighted by Gasteiger charge is 2.16. The molecule has 0 aliphatic carbocycles. The molecule has 0 radical (unpaired) electrons. The molecule has 1 aliphatic rings. The molecule has 2 N–H and O–H groups in total. The Bertz CT molecular complexity index is 390. The Labute approximate surface area is 110 Å². The van der Waals surface area contributed by atoms with Gasteiger partial charge in [0.15, 0.2) is 0 Å². The van der Waals surface area contributed by atoms with Gasteiger partial charge in [0, 0.05) is 31.1 Å². The van der Waals surface area contributed by atoms with Crippen LogP contribution in [0.5, 0.6) is 0 Å². The lowest BCUT2D eigenvalue weighted by molar-refractivity contribution is 0.115. The fraction of sp³-hybridized carbons (Fsp3) is 0.600. The second kappa shape index (κ2) is 6.10. The van der Waals surface area contributed by atoms with Crippen molar-refractivity contribution >= 4 is 11.4 Å². The van der Waals surface area contributed by atoms with Gasteiger partial charge in [-0.3, -0.25) is 0 Å². The molecule has 0 aromatic heterocycles. The molecule has 1 heterocycles. The highest BCUT2D eigenvalue weighted by atomic mass is 16.5. The van der Waals surface area contributed by atoms with Gasteiger partial charge in [-0.25, -0.2) is 0 Å². The SMILES string of the molecule is CC(C)COCCN1CCCc2cc(N)ccc21. The summed E-state index contributed by atoms with van der Waals surface area (Å²) < 4.78 is 5.67. The van der Waals surface area contributed by atoms with Crippen molar-refractivity contribution in [1.29, 1.82) is 0 Å². The van der Waals surface area contributed by atoms with Crippen molar-refractivity contribution in [2.45, 2.75) is 26.7 Å². The predicted molar refractivity (Wildman–Crippen MR) is 77.0 cm³/mol. The third-order valence-corrected chi connectivity index (χ3v) is 3.28. The van der Waals surface area contributed by atoms with Crippen LogP contribution in [0.3, 0.4) is 0 Å². The maximum atomic E-state index is 5.84. The van der Waals surface area contributed by atoms with Crippen LogP contribution in [0, 0.1) is 5.92 Å². The minimum absolute atomic E-state index is 0.610. The fourth-order valence-corrected chi connectivity index (χ4v) is 2.42. The first-order valence-corrected chi connectivity index (χ1v) is 6.88. The minimum Gasteiger partial charge on any atom is -0.399 e. The van der Waals surface area contributed by atoms with E-state index in [1.165, 1.54) is 17.7 Å². The number of aryl methyl sites for hydroxylation is 1. The highest BCUT2D eigenvalue weighted by Crippen LogP contribution is 2.28. The zero-order chi connectivity index (χ0) is 13.0. The second-order valence-corrected chi connectivity index (χ2v) is 5.45. The van der Waals surface area contributed by atoms with Gasteiger partial charge < -0.3 is 15.4 Å². The Hall–Kier alpha value is -1.22. The van der Waals surface area contributed by atoms with E-state index in [0.717, 1.165) is 38.4 Å². The predicted octanol–water partition coefficient (Wildman–Crippen LogP) is 2.69. The van der Waals surface area contributed by atoms with Crippen LogP contribution in [-0.4, -0.2) is 26.3 Å². The standard InChI is InChI=1S/C15H24N2O/c1-12(2)11-18-9-8-17-7-3-4-13-10-14(16)5-6-15(13)17/h5-6,10,12H,3-4,7-9,11,16H2,1-2H3. The van der Waals surface area contributed by atoms with E-state index in [1.807, 2.05) is 6.07 Å². The summed E-state index contributed by atoms with van der Waals surface area (Å²) in [5.41, 5.74) is 9.42. The largest absolute Gasteiger partial charge is 0.399 e. The summed E-state index contributed by atoms with van der Waals surface area (Å²) >= 11 is 0. The van der Waals surface area contributed by atoms with Crippen LogP contribution >= 0.6 is 0 Å².